The molecule has 1 unspecified atom stereocenters. The summed E-state index contributed by atoms with van der Waals surface area (Å²) in [6, 6.07) is 12.1. The van der Waals surface area contributed by atoms with Crippen LogP contribution in [-0.4, -0.2) is 26.0 Å². The predicted octanol–water partition coefficient (Wildman–Crippen LogP) is 3.49. The molecule has 1 aromatic carbocycles. The van der Waals surface area contributed by atoms with E-state index in [9.17, 15) is 4.79 Å². The number of thiocarbonyl (C=S) groups is 1. The van der Waals surface area contributed by atoms with Gasteiger partial charge in [-0.3, -0.25) is 9.78 Å². The number of hydrogen-bond donors (Lipinski definition) is 3. The third kappa shape index (κ3) is 5.79. The number of amides is 1. The molecule has 3 N–H and O–H groups in total. The van der Waals surface area contributed by atoms with Gasteiger partial charge in [-0.25, -0.2) is 0 Å². The van der Waals surface area contributed by atoms with Gasteiger partial charge in [0, 0.05) is 11.8 Å². The summed E-state index contributed by atoms with van der Waals surface area (Å²) in [4.78, 5) is 16.2. The summed E-state index contributed by atoms with van der Waals surface area (Å²) in [6.07, 6.45) is 2.18. The van der Waals surface area contributed by atoms with Crippen LogP contribution in [0.2, 0.25) is 0 Å². The van der Waals surface area contributed by atoms with Gasteiger partial charge in [-0.15, -0.1) is 0 Å². The lowest BCUT2D eigenvalue weighted by molar-refractivity contribution is 0.0934. The van der Waals surface area contributed by atoms with Crippen LogP contribution >= 0.6 is 47.0 Å². The molecule has 0 aliphatic heterocycles. The van der Waals surface area contributed by atoms with Crippen LogP contribution in [0, 0.1) is 0 Å². The van der Waals surface area contributed by atoms with Crippen molar-refractivity contribution in [3.63, 3.8) is 0 Å². The summed E-state index contributed by atoms with van der Waals surface area (Å²) in [5.74, 6) is -0.399. The molecule has 0 aliphatic carbocycles. The van der Waals surface area contributed by atoms with Crippen LogP contribution < -0.4 is 16.0 Å². The smallest absolute Gasteiger partial charge is 0.252 e. The van der Waals surface area contributed by atoms with E-state index in [4.69, 9.17) is 47.0 Å². The Hall–Kier alpha value is -1.60. The molecule has 0 spiro atoms. The topological polar surface area (TPSA) is 66.1 Å². The second-order valence-electron chi connectivity index (χ2n) is 4.65. The van der Waals surface area contributed by atoms with E-state index in [1.165, 1.54) is 0 Å². The number of carbonyl (C=O) groups is 1. The SMILES string of the molecule is O=C(NC(NC(=S)Nc1cccnc1)C(Cl)(Cl)Cl)c1ccccc1. The molecule has 0 bridgehead atoms. The number of halogens is 3. The lowest BCUT2D eigenvalue weighted by Gasteiger charge is -2.27. The van der Waals surface area contributed by atoms with Crippen molar-refractivity contribution in [3.8, 4) is 0 Å². The largest absolute Gasteiger partial charge is 0.339 e. The van der Waals surface area contributed by atoms with E-state index in [-0.39, 0.29) is 5.11 Å². The summed E-state index contributed by atoms with van der Waals surface area (Å²) >= 11 is 23.0. The van der Waals surface area contributed by atoms with Crippen molar-refractivity contribution < 1.29 is 4.79 Å². The highest BCUT2D eigenvalue weighted by atomic mass is 35.6. The molecule has 9 heteroatoms. The number of hydrogen-bond acceptors (Lipinski definition) is 3. The first-order chi connectivity index (χ1) is 11.4. The number of nitrogens with zero attached hydrogens (tertiary/aromatic N) is 1. The Morgan fingerprint density at radius 3 is 2.38 bits per heavy atom. The average molecular weight is 404 g/mol. The zero-order chi connectivity index (χ0) is 17.6. The number of rotatable bonds is 4. The number of pyridine rings is 1. The second-order valence-corrected chi connectivity index (χ2v) is 7.43. The fourth-order valence-corrected chi connectivity index (χ4v) is 2.30. The first-order valence-electron chi connectivity index (χ1n) is 6.76. The molecule has 1 aromatic heterocycles. The molecule has 1 heterocycles. The van der Waals surface area contributed by atoms with Gasteiger partial charge >= 0.3 is 0 Å². The van der Waals surface area contributed by atoms with Crippen LogP contribution in [-0.2, 0) is 0 Å². The van der Waals surface area contributed by atoms with E-state index in [1.54, 1.807) is 54.9 Å². The van der Waals surface area contributed by atoms with Crippen LogP contribution in [0.1, 0.15) is 10.4 Å². The minimum atomic E-state index is -1.81. The Bertz CT molecular complexity index is 695. The molecular weight excluding hydrogens is 391 g/mol. The first-order valence-corrected chi connectivity index (χ1v) is 8.30. The number of carbonyl (C=O) groups excluding carboxylic acids is 1. The molecule has 0 aliphatic rings. The molecule has 24 heavy (non-hydrogen) atoms. The highest BCUT2D eigenvalue weighted by Crippen LogP contribution is 2.29. The Morgan fingerprint density at radius 1 is 1.08 bits per heavy atom. The van der Waals surface area contributed by atoms with Crippen LogP contribution in [0.3, 0.4) is 0 Å². The summed E-state index contributed by atoms with van der Waals surface area (Å²) in [7, 11) is 0. The molecule has 0 saturated carbocycles. The maximum atomic E-state index is 12.2. The third-order valence-corrected chi connectivity index (χ3v) is 3.71. The molecular formula is C15H13Cl3N4OS. The molecule has 0 radical (unpaired) electrons. The molecule has 1 amide bonds. The number of aromatic nitrogens is 1. The van der Waals surface area contributed by atoms with Gasteiger partial charge in [-0.2, -0.15) is 0 Å². The number of anilines is 1. The molecule has 2 rings (SSSR count). The van der Waals surface area contributed by atoms with Crippen molar-refractivity contribution in [2.24, 2.45) is 0 Å². The predicted molar refractivity (Wildman–Crippen MR) is 102 cm³/mol. The standard InChI is InChI=1S/C15H13Cl3N4OS/c16-15(17,18)13(21-12(23)10-5-2-1-3-6-10)22-14(24)20-11-7-4-8-19-9-11/h1-9,13H,(H,21,23)(H2,20,22,24). The zero-order valence-electron chi connectivity index (χ0n) is 12.2. The van der Waals surface area contributed by atoms with E-state index in [0.717, 1.165) is 0 Å². The van der Waals surface area contributed by atoms with E-state index in [2.05, 4.69) is 20.9 Å². The Labute approximate surface area is 159 Å². The van der Waals surface area contributed by atoms with E-state index in [0.29, 0.717) is 11.3 Å². The van der Waals surface area contributed by atoms with Crippen LogP contribution in [0.5, 0.6) is 0 Å². The van der Waals surface area contributed by atoms with Gasteiger partial charge in [0.05, 0.1) is 11.9 Å². The summed E-state index contributed by atoms with van der Waals surface area (Å²) in [5.41, 5.74) is 1.09. The van der Waals surface area contributed by atoms with E-state index >= 15 is 0 Å². The van der Waals surface area contributed by atoms with Crippen molar-refractivity contribution in [2.75, 3.05) is 5.32 Å². The molecule has 5 nitrogen and oxygen atoms in total. The van der Waals surface area contributed by atoms with Crippen molar-refractivity contribution in [3.05, 3.63) is 60.4 Å². The second kappa shape index (κ2) is 8.48. The van der Waals surface area contributed by atoms with Crippen LogP contribution in [0.4, 0.5) is 5.69 Å². The number of alkyl halides is 3. The summed E-state index contributed by atoms with van der Waals surface area (Å²) < 4.78 is -1.81. The minimum Gasteiger partial charge on any atom is -0.339 e. The van der Waals surface area contributed by atoms with Crippen molar-refractivity contribution in [1.82, 2.24) is 15.6 Å². The maximum absolute atomic E-state index is 12.2. The molecule has 0 saturated heterocycles. The molecule has 2 aromatic rings. The number of benzene rings is 1. The van der Waals surface area contributed by atoms with Gasteiger partial charge in [0.25, 0.3) is 5.91 Å². The first kappa shape index (κ1) is 18.7. The lowest BCUT2D eigenvalue weighted by Crippen LogP contribution is -2.56. The highest BCUT2D eigenvalue weighted by molar-refractivity contribution is 7.80. The van der Waals surface area contributed by atoms with Crippen LogP contribution in [0.25, 0.3) is 0 Å². The zero-order valence-corrected chi connectivity index (χ0v) is 15.3. The fraction of sp³-hybridized carbons (Fsp3) is 0.133. The highest BCUT2D eigenvalue weighted by Gasteiger charge is 2.34. The normalized spacial score (nSPS) is 12.1. The molecule has 126 valence electrons. The lowest BCUT2D eigenvalue weighted by atomic mass is 10.2. The Balaban J connectivity index is 2.03. The Kier molecular flexibility index (Phi) is 6.62. The van der Waals surface area contributed by atoms with E-state index in [1.807, 2.05) is 0 Å². The minimum absolute atomic E-state index is 0.174. The fourth-order valence-electron chi connectivity index (χ4n) is 1.74. The Morgan fingerprint density at radius 2 is 1.79 bits per heavy atom. The van der Waals surface area contributed by atoms with Crippen molar-refractivity contribution in [1.29, 1.82) is 0 Å². The average Bonchev–Trinajstić information content (AvgIpc) is 2.55. The van der Waals surface area contributed by atoms with Crippen molar-refractivity contribution in [2.45, 2.75) is 9.96 Å². The monoisotopic (exact) mass is 402 g/mol. The number of nitrogens with one attached hydrogen (secondary N) is 3. The van der Waals surface area contributed by atoms with Gasteiger partial charge in [-0.05, 0) is 36.5 Å². The van der Waals surface area contributed by atoms with Gasteiger partial charge in [0.15, 0.2) is 5.11 Å². The molecule has 0 fully saturated rings. The van der Waals surface area contributed by atoms with Crippen LogP contribution in [0.15, 0.2) is 54.9 Å². The molecule has 1 atom stereocenters. The van der Waals surface area contributed by atoms with Gasteiger partial charge in [0.2, 0.25) is 3.79 Å². The van der Waals surface area contributed by atoms with Gasteiger partial charge in [0.1, 0.15) is 6.17 Å². The third-order valence-electron chi connectivity index (χ3n) is 2.83. The van der Waals surface area contributed by atoms with Gasteiger partial charge < -0.3 is 16.0 Å². The maximum Gasteiger partial charge on any atom is 0.252 e. The van der Waals surface area contributed by atoms with Crippen molar-refractivity contribution >= 4 is 63.7 Å². The quantitative estimate of drug-likeness (QED) is 0.414. The van der Waals surface area contributed by atoms with E-state index < -0.39 is 15.9 Å². The van der Waals surface area contributed by atoms with Gasteiger partial charge in [-0.1, -0.05) is 53.0 Å². The summed E-state index contributed by atoms with van der Waals surface area (Å²) in [5, 5.41) is 8.43. The summed E-state index contributed by atoms with van der Waals surface area (Å²) in [6.45, 7) is 0.